The van der Waals surface area contributed by atoms with Gasteiger partial charge in [0.25, 0.3) is 5.56 Å². The van der Waals surface area contributed by atoms with Crippen LogP contribution < -0.4 is 10.9 Å². The smallest absolute Gasteiger partial charge is 0.293 e. The summed E-state index contributed by atoms with van der Waals surface area (Å²) < 4.78 is 1.70. The van der Waals surface area contributed by atoms with Crippen molar-refractivity contribution >= 4 is 5.82 Å². The van der Waals surface area contributed by atoms with E-state index in [1.807, 2.05) is 0 Å². The largest absolute Gasteiger partial charge is 0.365 e. The van der Waals surface area contributed by atoms with Gasteiger partial charge in [0.1, 0.15) is 0 Å². The molecule has 84 valence electrons. The molecule has 0 amide bonds. The van der Waals surface area contributed by atoms with Crippen molar-refractivity contribution < 1.29 is 0 Å². The zero-order valence-electron chi connectivity index (χ0n) is 9.66. The zero-order valence-corrected chi connectivity index (χ0v) is 9.66. The fourth-order valence-corrected chi connectivity index (χ4v) is 1.35. The second kappa shape index (κ2) is 5.53. The van der Waals surface area contributed by atoms with Crippen molar-refractivity contribution in [3.8, 4) is 0 Å². The number of nitrogens with one attached hydrogen (secondary N) is 1. The number of nitrogens with zero attached hydrogens (tertiary/aromatic N) is 2. The van der Waals surface area contributed by atoms with Gasteiger partial charge in [-0.1, -0.05) is 20.8 Å². The Morgan fingerprint density at radius 1 is 1.53 bits per heavy atom. The van der Waals surface area contributed by atoms with Crippen LogP contribution in [-0.2, 0) is 6.54 Å². The summed E-state index contributed by atoms with van der Waals surface area (Å²) in [4.78, 5) is 15.9. The molecule has 0 spiro atoms. The summed E-state index contributed by atoms with van der Waals surface area (Å²) in [5.74, 6) is 0.920. The van der Waals surface area contributed by atoms with Gasteiger partial charge in [-0.05, 0) is 12.3 Å². The Labute approximate surface area is 90.3 Å². The van der Waals surface area contributed by atoms with Gasteiger partial charge in [-0.25, -0.2) is 4.98 Å². The van der Waals surface area contributed by atoms with Crippen LogP contribution in [-0.4, -0.2) is 16.1 Å². The van der Waals surface area contributed by atoms with Crippen LogP contribution in [0.5, 0.6) is 0 Å². The molecule has 0 aliphatic rings. The minimum atomic E-state index is -0.0281. The van der Waals surface area contributed by atoms with Crippen LogP contribution in [0.4, 0.5) is 5.82 Å². The Kier molecular flexibility index (Phi) is 4.34. The van der Waals surface area contributed by atoms with Crippen LogP contribution in [0.1, 0.15) is 27.2 Å². The van der Waals surface area contributed by atoms with E-state index in [-0.39, 0.29) is 5.56 Å². The summed E-state index contributed by atoms with van der Waals surface area (Å²) >= 11 is 0. The topological polar surface area (TPSA) is 46.9 Å². The molecular weight excluding hydrogens is 190 g/mol. The second-order valence-electron chi connectivity index (χ2n) is 4.05. The average molecular weight is 209 g/mol. The lowest BCUT2D eigenvalue weighted by Crippen LogP contribution is -2.26. The van der Waals surface area contributed by atoms with Crippen LogP contribution in [0.15, 0.2) is 17.2 Å². The van der Waals surface area contributed by atoms with Crippen LogP contribution in [0.3, 0.4) is 0 Å². The fraction of sp³-hybridized carbons (Fsp3) is 0.636. The van der Waals surface area contributed by atoms with E-state index >= 15 is 0 Å². The first-order valence-corrected chi connectivity index (χ1v) is 5.44. The van der Waals surface area contributed by atoms with Gasteiger partial charge in [-0.15, -0.1) is 0 Å². The van der Waals surface area contributed by atoms with Gasteiger partial charge in [0.2, 0.25) is 0 Å². The van der Waals surface area contributed by atoms with Gasteiger partial charge < -0.3 is 9.88 Å². The highest BCUT2D eigenvalue weighted by Gasteiger charge is 2.04. The van der Waals surface area contributed by atoms with Crippen molar-refractivity contribution in [2.45, 2.75) is 33.7 Å². The van der Waals surface area contributed by atoms with Gasteiger partial charge in [0, 0.05) is 25.5 Å². The Morgan fingerprint density at radius 3 is 2.87 bits per heavy atom. The number of hydrogen-bond acceptors (Lipinski definition) is 3. The molecule has 0 radical (unpaired) electrons. The number of hydrogen-bond donors (Lipinski definition) is 1. The molecule has 0 aromatic carbocycles. The summed E-state index contributed by atoms with van der Waals surface area (Å²) in [6.07, 6.45) is 4.39. The molecule has 1 rings (SSSR count). The predicted molar refractivity (Wildman–Crippen MR) is 62.1 cm³/mol. The molecule has 0 bridgehead atoms. The van der Waals surface area contributed by atoms with Gasteiger partial charge in [0.15, 0.2) is 5.82 Å². The molecule has 4 nitrogen and oxygen atoms in total. The molecule has 0 saturated heterocycles. The van der Waals surface area contributed by atoms with Crippen LogP contribution in [0, 0.1) is 5.92 Å². The van der Waals surface area contributed by atoms with Crippen LogP contribution >= 0.6 is 0 Å². The lowest BCUT2D eigenvalue weighted by atomic mass is 10.2. The summed E-state index contributed by atoms with van der Waals surface area (Å²) in [7, 11) is 0. The van der Waals surface area contributed by atoms with Crippen molar-refractivity contribution in [1.82, 2.24) is 9.55 Å². The molecule has 1 N–H and O–H groups in total. The van der Waals surface area contributed by atoms with Crippen LogP contribution in [0.25, 0.3) is 0 Å². The maximum atomic E-state index is 11.8. The zero-order chi connectivity index (χ0) is 11.3. The molecule has 4 heteroatoms. The number of anilines is 1. The molecule has 0 saturated carbocycles. The van der Waals surface area contributed by atoms with E-state index in [1.54, 1.807) is 17.0 Å². The maximum Gasteiger partial charge on any atom is 0.293 e. The van der Waals surface area contributed by atoms with E-state index in [2.05, 4.69) is 31.1 Å². The molecule has 0 fully saturated rings. The molecule has 0 unspecified atom stereocenters. The molecule has 0 atom stereocenters. The standard InChI is InChI=1S/C11H19N3O/c1-4-5-12-10-11(15)14(7-6-13-10)8-9(2)3/h6-7,9H,4-5,8H2,1-3H3,(H,12,13). The Morgan fingerprint density at radius 2 is 2.27 bits per heavy atom. The summed E-state index contributed by atoms with van der Waals surface area (Å²) in [5.41, 5.74) is -0.0281. The highest BCUT2D eigenvalue weighted by atomic mass is 16.1. The van der Waals surface area contributed by atoms with Gasteiger partial charge in [-0.2, -0.15) is 0 Å². The SMILES string of the molecule is CCCNc1nccn(CC(C)C)c1=O. The quantitative estimate of drug-likeness (QED) is 0.803. The summed E-state index contributed by atoms with van der Waals surface area (Å²) in [6.45, 7) is 7.76. The maximum absolute atomic E-state index is 11.8. The predicted octanol–water partition coefficient (Wildman–Crippen LogP) is 1.72. The van der Waals surface area contributed by atoms with Crippen molar-refractivity contribution in [1.29, 1.82) is 0 Å². The third-order valence-corrected chi connectivity index (χ3v) is 2.02. The molecule has 1 aromatic heterocycles. The Hall–Kier alpha value is -1.32. The molecule has 1 heterocycles. The number of rotatable bonds is 5. The first-order chi connectivity index (χ1) is 7.15. The highest BCUT2D eigenvalue weighted by molar-refractivity contribution is 5.30. The molecule has 15 heavy (non-hydrogen) atoms. The normalized spacial score (nSPS) is 10.7. The van der Waals surface area contributed by atoms with E-state index in [4.69, 9.17) is 0 Å². The third-order valence-electron chi connectivity index (χ3n) is 2.02. The van der Waals surface area contributed by atoms with E-state index in [1.165, 1.54) is 0 Å². The van der Waals surface area contributed by atoms with Crippen LogP contribution in [0.2, 0.25) is 0 Å². The van der Waals surface area contributed by atoms with Crippen molar-refractivity contribution in [3.05, 3.63) is 22.7 Å². The summed E-state index contributed by atoms with van der Waals surface area (Å²) in [6, 6.07) is 0. The monoisotopic (exact) mass is 209 g/mol. The summed E-state index contributed by atoms with van der Waals surface area (Å²) in [5, 5.41) is 3.03. The lowest BCUT2D eigenvalue weighted by molar-refractivity contribution is 0.509. The van der Waals surface area contributed by atoms with E-state index in [0.717, 1.165) is 19.5 Å². The lowest BCUT2D eigenvalue weighted by Gasteiger charge is -2.10. The molecular formula is C11H19N3O. The minimum Gasteiger partial charge on any atom is -0.365 e. The van der Waals surface area contributed by atoms with Gasteiger partial charge >= 0.3 is 0 Å². The Balaban J connectivity index is 2.85. The third kappa shape index (κ3) is 3.38. The molecule has 1 aromatic rings. The van der Waals surface area contributed by atoms with E-state index in [9.17, 15) is 4.79 Å². The van der Waals surface area contributed by atoms with E-state index < -0.39 is 0 Å². The average Bonchev–Trinajstić information content (AvgIpc) is 2.19. The number of aromatic nitrogens is 2. The van der Waals surface area contributed by atoms with Gasteiger partial charge in [-0.3, -0.25) is 4.79 Å². The fourth-order valence-electron chi connectivity index (χ4n) is 1.35. The first-order valence-electron chi connectivity index (χ1n) is 5.44. The van der Waals surface area contributed by atoms with E-state index in [0.29, 0.717) is 11.7 Å². The highest BCUT2D eigenvalue weighted by Crippen LogP contribution is 1.98. The second-order valence-corrected chi connectivity index (χ2v) is 4.05. The van der Waals surface area contributed by atoms with Crippen molar-refractivity contribution in [2.75, 3.05) is 11.9 Å². The molecule has 0 aliphatic carbocycles. The van der Waals surface area contributed by atoms with Crippen molar-refractivity contribution in [3.63, 3.8) is 0 Å². The first kappa shape index (κ1) is 11.8. The Bertz CT molecular complexity index is 357. The molecule has 0 aliphatic heterocycles. The van der Waals surface area contributed by atoms with Gasteiger partial charge in [0.05, 0.1) is 0 Å². The van der Waals surface area contributed by atoms with Crippen molar-refractivity contribution in [2.24, 2.45) is 5.92 Å². The minimum absolute atomic E-state index is 0.0281.